The van der Waals surface area contributed by atoms with Crippen molar-refractivity contribution >= 4 is 26.7 Å². The predicted molar refractivity (Wildman–Crippen MR) is 52.2 cm³/mol. The van der Waals surface area contributed by atoms with Crippen LogP contribution >= 0.6 is 15.9 Å². The molecular weight excluding hydrogens is 216 g/mol. The Hall–Kier alpha value is -0.890. The van der Waals surface area contributed by atoms with Crippen LogP contribution in [0.4, 0.5) is 0 Å². The van der Waals surface area contributed by atoms with Crippen LogP contribution in [0.15, 0.2) is 30.3 Å². The molecule has 0 aromatic heterocycles. The van der Waals surface area contributed by atoms with Crippen LogP contribution in [0.2, 0.25) is 0 Å². The number of allylic oxidation sites excluding steroid dienone is 1. The highest BCUT2D eigenvalue weighted by atomic mass is 79.9. The lowest BCUT2D eigenvalue weighted by molar-refractivity contribution is -0.110. The van der Waals surface area contributed by atoms with Crippen LogP contribution in [0.1, 0.15) is 17.0 Å². The Labute approximate surface area is 79.2 Å². The summed E-state index contributed by atoms with van der Waals surface area (Å²) in [5.41, 5.74) is 2.25. The molecule has 0 N–H and O–H groups in total. The predicted octanol–water partition coefficient (Wildman–Crippen LogP) is 2.72. The molecule has 0 amide bonds. The normalized spacial score (nSPS) is 19.2. The van der Waals surface area contributed by atoms with Gasteiger partial charge in [-0.25, -0.2) is 0 Å². The molecule has 0 radical (unpaired) electrons. The molecule has 1 aliphatic carbocycles. The van der Waals surface area contributed by atoms with Gasteiger partial charge in [0.2, 0.25) is 4.69 Å². The van der Waals surface area contributed by atoms with E-state index in [1.807, 2.05) is 36.4 Å². The summed E-state index contributed by atoms with van der Waals surface area (Å²) in [6.45, 7) is 0. The van der Waals surface area contributed by atoms with Gasteiger partial charge in [0, 0.05) is 0 Å². The molecule has 1 aromatic carbocycles. The lowest BCUT2D eigenvalue weighted by Crippen LogP contribution is -2.00. The van der Waals surface area contributed by atoms with Gasteiger partial charge in [0.25, 0.3) is 0 Å². The van der Waals surface area contributed by atoms with Crippen LogP contribution in [0.3, 0.4) is 0 Å². The van der Waals surface area contributed by atoms with Gasteiger partial charge in [-0.15, -0.1) is 0 Å². The topological polar surface area (TPSA) is 17.1 Å². The van der Waals surface area contributed by atoms with Gasteiger partial charge in [-0.3, -0.25) is 4.79 Å². The van der Waals surface area contributed by atoms with E-state index in [2.05, 4.69) is 15.9 Å². The molecule has 1 nitrogen and oxygen atoms in total. The summed E-state index contributed by atoms with van der Waals surface area (Å²) in [6.07, 6.45) is 3.90. The first kappa shape index (κ1) is 7.74. The van der Waals surface area contributed by atoms with Gasteiger partial charge in [-0.1, -0.05) is 36.4 Å². The zero-order chi connectivity index (χ0) is 8.55. The lowest BCUT2D eigenvalue weighted by atomic mass is 10.0. The minimum atomic E-state index is -0.0822. The van der Waals surface area contributed by atoms with Crippen LogP contribution in [-0.2, 0) is 4.79 Å². The summed E-state index contributed by atoms with van der Waals surface area (Å²) in [6, 6.07) is 7.93. The van der Waals surface area contributed by atoms with Crippen molar-refractivity contribution in [1.82, 2.24) is 0 Å². The van der Waals surface area contributed by atoms with Crippen molar-refractivity contribution in [2.75, 3.05) is 0 Å². The second-order valence-electron chi connectivity index (χ2n) is 2.77. The molecule has 2 rings (SSSR count). The third-order valence-corrected chi connectivity index (χ3v) is 2.54. The molecule has 1 aromatic rings. The van der Waals surface area contributed by atoms with E-state index in [0.717, 1.165) is 11.1 Å². The molecule has 0 spiro atoms. The summed E-state index contributed by atoms with van der Waals surface area (Å²) < 4.78 is 0.0312. The summed E-state index contributed by atoms with van der Waals surface area (Å²) in [5, 5.41) is 0. The number of benzene rings is 1. The van der Waals surface area contributed by atoms with Gasteiger partial charge < -0.3 is 0 Å². The van der Waals surface area contributed by atoms with Gasteiger partial charge in [0.1, 0.15) is 0 Å². The molecule has 12 heavy (non-hydrogen) atoms. The van der Waals surface area contributed by atoms with E-state index >= 15 is 0 Å². The highest BCUT2D eigenvalue weighted by Gasteiger charge is 2.21. The molecule has 0 heterocycles. The molecule has 0 aliphatic heterocycles. The van der Waals surface area contributed by atoms with Gasteiger partial charge in [0.15, 0.2) is 0 Å². The fourth-order valence-electron chi connectivity index (χ4n) is 1.45. The summed E-state index contributed by atoms with van der Waals surface area (Å²) in [4.78, 5) is 11.1. The van der Waals surface area contributed by atoms with Crippen LogP contribution in [-0.4, -0.2) is 4.69 Å². The third kappa shape index (κ3) is 1.12. The lowest BCUT2D eigenvalue weighted by Gasteiger charge is -2.04. The van der Waals surface area contributed by atoms with Crippen molar-refractivity contribution in [2.24, 2.45) is 0 Å². The van der Waals surface area contributed by atoms with Gasteiger partial charge in [-0.05, 0) is 27.1 Å². The van der Waals surface area contributed by atoms with E-state index in [1.165, 1.54) is 0 Å². The molecule has 0 saturated heterocycles. The number of hydrogen-bond acceptors (Lipinski definition) is 1. The molecule has 1 atom stereocenters. The third-order valence-electron chi connectivity index (χ3n) is 2.04. The SMILES string of the molecule is O=C(Br)C1C=Cc2ccccc21. The van der Waals surface area contributed by atoms with Crippen molar-refractivity contribution in [3.05, 3.63) is 41.5 Å². The van der Waals surface area contributed by atoms with Crippen LogP contribution in [0.5, 0.6) is 0 Å². The molecule has 1 aliphatic rings. The van der Waals surface area contributed by atoms with Crippen molar-refractivity contribution in [1.29, 1.82) is 0 Å². The monoisotopic (exact) mass is 222 g/mol. The Kier molecular flexibility index (Phi) is 1.85. The van der Waals surface area contributed by atoms with Crippen molar-refractivity contribution in [3.63, 3.8) is 0 Å². The van der Waals surface area contributed by atoms with E-state index in [-0.39, 0.29) is 10.6 Å². The maximum absolute atomic E-state index is 11.1. The fraction of sp³-hybridized carbons (Fsp3) is 0.100. The Balaban J connectivity index is 2.49. The Morgan fingerprint density at radius 2 is 2.08 bits per heavy atom. The molecule has 0 saturated carbocycles. The number of rotatable bonds is 1. The molecular formula is C10H7BrO. The average molecular weight is 223 g/mol. The molecule has 0 fully saturated rings. The zero-order valence-electron chi connectivity index (χ0n) is 6.33. The minimum absolute atomic E-state index is 0.0312. The van der Waals surface area contributed by atoms with Crippen LogP contribution < -0.4 is 0 Å². The van der Waals surface area contributed by atoms with Gasteiger partial charge in [0.05, 0.1) is 5.92 Å². The van der Waals surface area contributed by atoms with Crippen LogP contribution in [0, 0.1) is 0 Å². The Morgan fingerprint density at radius 1 is 1.33 bits per heavy atom. The van der Waals surface area contributed by atoms with Gasteiger partial charge >= 0.3 is 0 Å². The van der Waals surface area contributed by atoms with E-state index in [9.17, 15) is 4.79 Å². The van der Waals surface area contributed by atoms with Crippen LogP contribution in [0.25, 0.3) is 6.08 Å². The molecule has 0 bridgehead atoms. The highest BCUT2D eigenvalue weighted by molar-refractivity contribution is 9.18. The molecule has 2 heteroatoms. The second-order valence-corrected chi connectivity index (χ2v) is 3.55. The largest absolute Gasteiger partial charge is 0.286 e. The van der Waals surface area contributed by atoms with E-state index in [1.54, 1.807) is 0 Å². The zero-order valence-corrected chi connectivity index (χ0v) is 7.91. The summed E-state index contributed by atoms with van der Waals surface area (Å²) >= 11 is 2.98. The summed E-state index contributed by atoms with van der Waals surface area (Å²) in [5.74, 6) is -0.0822. The fourth-order valence-corrected chi connectivity index (χ4v) is 1.85. The van der Waals surface area contributed by atoms with E-state index in [4.69, 9.17) is 0 Å². The van der Waals surface area contributed by atoms with Crippen molar-refractivity contribution in [2.45, 2.75) is 5.92 Å². The van der Waals surface area contributed by atoms with Crippen molar-refractivity contribution in [3.8, 4) is 0 Å². The first-order valence-electron chi connectivity index (χ1n) is 3.75. The number of hydrogen-bond donors (Lipinski definition) is 0. The quantitative estimate of drug-likeness (QED) is 0.669. The Bertz CT molecular complexity index is 355. The smallest absolute Gasteiger partial charge is 0.209 e. The number of fused-ring (bicyclic) bond motifs is 1. The van der Waals surface area contributed by atoms with E-state index < -0.39 is 0 Å². The number of carbonyl (C=O) groups is 1. The Morgan fingerprint density at radius 3 is 2.83 bits per heavy atom. The average Bonchev–Trinajstić information content (AvgIpc) is 2.47. The number of halogens is 1. The number of carbonyl (C=O) groups excluding carboxylic acids is 1. The van der Waals surface area contributed by atoms with Gasteiger partial charge in [-0.2, -0.15) is 0 Å². The van der Waals surface area contributed by atoms with E-state index in [0.29, 0.717) is 0 Å². The first-order valence-corrected chi connectivity index (χ1v) is 4.55. The maximum Gasteiger partial charge on any atom is 0.209 e. The molecule has 60 valence electrons. The first-order chi connectivity index (χ1) is 5.79. The molecule has 1 unspecified atom stereocenters. The highest BCUT2D eigenvalue weighted by Crippen LogP contribution is 2.31. The minimum Gasteiger partial charge on any atom is -0.286 e. The summed E-state index contributed by atoms with van der Waals surface area (Å²) in [7, 11) is 0. The standard InChI is InChI=1S/C10H7BrO/c11-10(12)9-6-5-7-3-1-2-4-8(7)9/h1-6,9H. The second kappa shape index (κ2) is 2.87. The van der Waals surface area contributed by atoms with Crippen molar-refractivity contribution < 1.29 is 4.79 Å². The maximum atomic E-state index is 11.1.